The van der Waals surface area contributed by atoms with Crippen molar-refractivity contribution in [1.29, 1.82) is 0 Å². The number of piperidine rings is 1. The Morgan fingerprint density at radius 3 is 2.65 bits per heavy atom. The minimum Gasteiger partial charge on any atom is -0.478 e. The number of nitrogens with zero attached hydrogens (tertiary/aromatic N) is 1. The van der Waals surface area contributed by atoms with Crippen molar-refractivity contribution in [3.05, 3.63) is 23.8 Å². The third-order valence-electron chi connectivity index (χ3n) is 3.52. The first-order valence-electron chi connectivity index (χ1n) is 6.72. The summed E-state index contributed by atoms with van der Waals surface area (Å²) in [6.07, 6.45) is 1.97. The number of aliphatic hydroxyl groups is 1. The molecule has 0 unspecified atom stereocenters. The molecule has 1 heterocycles. The number of aromatic carboxylic acids is 1. The van der Waals surface area contributed by atoms with Gasteiger partial charge < -0.3 is 25.6 Å². The van der Waals surface area contributed by atoms with Crippen LogP contribution in [0.1, 0.15) is 23.2 Å². The summed E-state index contributed by atoms with van der Waals surface area (Å²) in [5.74, 6) is -1.01. The Bertz CT molecular complexity index is 470. The summed E-state index contributed by atoms with van der Waals surface area (Å²) in [4.78, 5) is 13.1. The van der Waals surface area contributed by atoms with E-state index in [9.17, 15) is 4.79 Å². The van der Waals surface area contributed by atoms with Crippen molar-refractivity contribution >= 4 is 17.3 Å². The summed E-state index contributed by atoms with van der Waals surface area (Å²) < 4.78 is 5.51. The lowest BCUT2D eigenvalue weighted by Gasteiger charge is -2.33. The molecule has 1 saturated heterocycles. The number of rotatable bonds is 5. The largest absolute Gasteiger partial charge is 0.478 e. The van der Waals surface area contributed by atoms with Crippen LogP contribution in [0.3, 0.4) is 0 Å². The van der Waals surface area contributed by atoms with Crippen molar-refractivity contribution in [2.75, 3.05) is 36.9 Å². The zero-order valence-corrected chi connectivity index (χ0v) is 11.3. The Morgan fingerprint density at radius 1 is 1.40 bits per heavy atom. The second kappa shape index (κ2) is 6.58. The average Bonchev–Trinajstić information content (AvgIpc) is 2.45. The number of benzene rings is 1. The molecule has 6 nitrogen and oxygen atoms in total. The molecule has 0 saturated carbocycles. The molecule has 0 aromatic heterocycles. The van der Waals surface area contributed by atoms with Crippen LogP contribution in [0.25, 0.3) is 0 Å². The van der Waals surface area contributed by atoms with E-state index in [4.69, 9.17) is 20.7 Å². The first-order chi connectivity index (χ1) is 9.61. The number of anilines is 2. The minimum absolute atomic E-state index is 0.0490. The van der Waals surface area contributed by atoms with Gasteiger partial charge in [0.25, 0.3) is 0 Å². The van der Waals surface area contributed by atoms with Gasteiger partial charge in [0.1, 0.15) is 0 Å². The third kappa shape index (κ3) is 3.40. The first-order valence-corrected chi connectivity index (χ1v) is 6.72. The highest BCUT2D eigenvalue weighted by Gasteiger charge is 2.20. The zero-order valence-electron chi connectivity index (χ0n) is 11.3. The van der Waals surface area contributed by atoms with Gasteiger partial charge in [0.2, 0.25) is 0 Å². The molecule has 20 heavy (non-hydrogen) atoms. The monoisotopic (exact) mass is 280 g/mol. The Kier molecular flexibility index (Phi) is 4.81. The number of hydrogen-bond donors (Lipinski definition) is 3. The molecule has 110 valence electrons. The van der Waals surface area contributed by atoms with Crippen LogP contribution in [-0.4, -0.2) is 48.6 Å². The second-order valence-corrected chi connectivity index (χ2v) is 4.86. The molecule has 1 fully saturated rings. The number of nitrogens with two attached hydrogens (primary N) is 1. The van der Waals surface area contributed by atoms with E-state index in [0.717, 1.165) is 31.6 Å². The number of aliphatic hydroxyl groups excluding tert-OH is 1. The number of carboxylic acid groups (broad SMARTS) is 1. The SMILES string of the molecule is Nc1cc(N2CCC(OCCO)CC2)ccc1C(=O)O. The minimum atomic E-state index is -1.01. The van der Waals surface area contributed by atoms with Gasteiger partial charge in [-0.1, -0.05) is 0 Å². The predicted molar refractivity (Wildman–Crippen MR) is 76.1 cm³/mol. The molecular formula is C14H20N2O4. The summed E-state index contributed by atoms with van der Waals surface area (Å²) in [5.41, 5.74) is 7.12. The van der Waals surface area contributed by atoms with Crippen LogP contribution >= 0.6 is 0 Å². The summed E-state index contributed by atoms with van der Waals surface area (Å²) in [7, 11) is 0. The van der Waals surface area contributed by atoms with Crippen molar-refractivity contribution in [2.24, 2.45) is 0 Å². The highest BCUT2D eigenvalue weighted by molar-refractivity contribution is 5.94. The van der Waals surface area contributed by atoms with Gasteiger partial charge in [0.15, 0.2) is 0 Å². The summed E-state index contributed by atoms with van der Waals surface area (Å²) in [6.45, 7) is 2.10. The highest BCUT2D eigenvalue weighted by atomic mass is 16.5. The lowest BCUT2D eigenvalue weighted by atomic mass is 10.1. The van der Waals surface area contributed by atoms with Crippen LogP contribution < -0.4 is 10.6 Å². The van der Waals surface area contributed by atoms with Gasteiger partial charge in [-0.25, -0.2) is 4.79 Å². The van der Waals surface area contributed by atoms with E-state index in [0.29, 0.717) is 6.61 Å². The molecular weight excluding hydrogens is 260 g/mol. The van der Waals surface area contributed by atoms with Crippen LogP contribution in [0.2, 0.25) is 0 Å². The lowest BCUT2D eigenvalue weighted by Crippen LogP contribution is -2.37. The lowest BCUT2D eigenvalue weighted by molar-refractivity contribution is 0.0159. The van der Waals surface area contributed by atoms with Crippen LogP contribution in [-0.2, 0) is 4.74 Å². The molecule has 1 aromatic rings. The van der Waals surface area contributed by atoms with Gasteiger partial charge in [-0.2, -0.15) is 0 Å². The topological polar surface area (TPSA) is 96.0 Å². The first kappa shape index (κ1) is 14.6. The molecule has 1 aromatic carbocycles. The van der Waals surface area contributed by atoms with Gasteiger partial charge in [0.05, 0.1) is 24.9 Å². The molecule has 0 atom stereocenters. The van der Waals surface area contributed by atoms with Gasteiger partial charge in [0, 0.05) is 24.5 Å². The Balaban J connectivity index is 1.97. The van der Waals surface area contributed by atoms with Crippen LogP contribution in [0, 0.1) is 0 Å². The van der Waals surface area contributed by atoms with E-state index < -0.39 is 5.97 Å². The third-order valence-corrected chi connectivity index (χ3v) is 3.52. The molecule has 0 radical (unpaired) electrons. The molecule has 6 heteroatoms. The Morgan fingerprint density at radius 2 is 2.10 bits per heavy atom. The summed E-state index contributed by atoms with van der Waals surface area (Å²) >= 11 is 0. The number of carboxylic acids is 1. The fourth-order valence-electron chi connectivity index (χ4n) is 2.44. The maximum Gasteiger partial charge on any atom is 0.337 e. The van der Waals surface area contributed by atoms with Crippen molar-refractivity contribution < 1.29 is 19.7 Å². The van der Waals surface area contributed by atoms with Crippen molar-refractivity contribution in [3.8, 4) is 0 Å². The van der Waals surface area contributed by atoms with Gasteiger partial charge in [-0.15, -0.1) is 0 Å². The standard InChI is InChI=1S/C14H20N2O4/c15-13-9-10(1-2-12(13)14(18)19)16-5-3-11(4-6-16)20-8-7-17/h1-2,9,11,17H,3-8,15H2,(H,18,19). The molecule has 0 aliphatic carbocycles. The van der Waals surface area contributed by atoms with E-state index in [2.05, 4.69) is 4.90 Å². The Hall–Kier alpha value is -1.79. The molecule has 0 spiro atoms. The fraction of sp³-hybridized carbons (Fsp3) is 0.500. The predicted octanol–water partition coefficient (Wildman–Crippen LogP) is 0.945. The highest BCUT2D eigenvalue weighted by Crippen LogP contribution is 2.25. The van der Waals surface area contributed by atoms with Crippen LogP contribution in [0.5, 0.6) is 0 Å². The number of carbonyl (C=O) groups is 1. The quantitative estimate of drug-likeness (QED) is 0.695. The molecule has 0 bridgehead atoms. The zero-order chi connectivity index (χ0) is 14.5. The maximum absolute atomic E-state index is 10.9. The van der Waals surface area contributed by atoms with Crippen molar-refractivity contribution in [2.45, 2.75) is 18.9 Å². The van der Waals surface area contributed by atoms with Crippen molar-refractivity contribution in [1.82, 2.24) is 0 Å². The normalized spacial score (nSPS) is 16.4. The van der Waals surface area contributed by atoms with Crippen LogP contribution in [0.4, 0.5) is 11.4 Å². The number of nitrogen functional groups attached to an aromatic ring is 1. The smallest absolute Gasteiger partial charge is 0.337 e. The maximum atomic E-state index is 10.9. The summed E-state index contributed by atoms with van der Waals surface area (Å²) in [5, 5.41) is 17.7. The van der Waals surface area contributed by atoms with E-state index >= 15 is 0 Å². The Labute approximate surface area is 117 Å². The average molecular weight is 280 g/mol. The number of hydrogen-bond acceptors (Lipinski definition) is 5. The van der Waals surface area contributed by atoms with Crippen molar-refractivity contribution in [3.63, 3.8) is 0 Å². The molecule has 0 amide bonds. The van der Waals surface area contributed by atoms with E-state index in [1.54, 1.807) is 18.2 Å². The summed E-state index contributed by atoms with van der Waals surface area (Å²) in [6, 6.07) is 5.04. The van der Waals surface area contributed by atoms with E-state index in [1.165, 1.54) is 0 Å². The second-order valence-electron chi connectivity index (χ2n) is 4.86. The van der Waals surface area contributed by atoms with Gasteiger partial charge >= 0.3 is 5.97 Å². The molecule has 1 aliphatic heterocycles. The van der Waals surface area contributed by atoms with E-state index in [-0.39, 0.29) is 24.0 Å². The molecule has 2 rings (SSSR count). The van der Waals surface area contributed by atoms with Gasteiger partial charge in [-0.3, -0.25) is 0 Å². The molecule has 1 aliphatic rings. The van der Waals surface area contributed by atoms with E-state index in [1.807, 2.05) is 0 Å². The fourth-order valence-corrected chi connectivity index (χ4v) is 2.44. The van der Waals surface area contributed by atoms with Crippen LogP contribution in [0.15, 0.2) is 18.2 Å². The number of ether oxygens (including phenoxy) is 1. The van der Waals surface area contributed by atoms with Gasteiger partial charge in [-0.05, 0) is 31.0 Å². The molecule has 4 N–H and O–H groups in total.